The molecule has 1 aliphatic carbocycles. The average Bonchev–Trinajstić information content (AvgIpc) is 3.56. The van der Waals surface area contributed by atoms with E-state index in [1.54, 1.807) is 6.26 Å². The highest BCUT2D eigenvalue weighted by Crippen LogP contribution is 2.31. The zero-order valence-corrected chi connectivity index (χ0v) is 18.5. The van der Waals surface area contributed by atoms with Crippen LogP contribution in [0.1, 0.15) is 42.6 Å². The molecule has 1 atom stereocenters. The standard InChI is InChI=1S/C27H29N3O2/c1-20-9-7-14-23(17-20)30-26(31)25(18-21-10-3-2-4-11-21)28-27(30)29(22-12-5-6-13-22)19-24-15-8-16-32-24/h2-4,7-11,14-17,22,25H,5-6,12-13,18-19H2,1H3. The molecular formula is C27H29N3O2. The van der Waals surface area contributed by atoms with Crippen LogP contribution in [0.3, 0.4) is 0 Å². The number of carbonyl (C=O) groups excluding carboxylic acids is 1. The Bertz CT molecular complexity index is 1090. The smallest absolute Gasteiger partial charge is 0.259 e. The van der Waals surface area contributed by atoms with Gasteiger partial charge < -0.3 is 9.32 Å². The van der Waals surface area contributed by atoms with Gasteiger partial charge in [0, 0.05) is 12.5 Å². The molecule has 1 aliphatic heterocycles. The summed E-state index contributed by atoms with van der Waals surface area (Å²) in [5, 5.41) is 0. The van der Waals surface area contributed by atoms with Crippen LogP contribution < -0.4 is 4.90 Å². The van der Waals surface area contributed by atoms with Gasteiger partial charge in [-0.3, -0.25) is 4.79 Å². The molecule has 1 unspecified atom stereocenters. The minimum atomic E-state index is -0.423. The van der Waals surface area contributed by atoms with Crippen LogP contribution in [0.5, 0.6) is 0 Å². The molecule has 1 amide bonds. The van der Waals surface area contributed by atoms with Crippen LogP contribution in [0.25, 0.3) is 0 Å². The van der Waals surface area contributed by atoms with Gasteiger partial charge >= 0.3 is 0 Å². The summed E-state index contributed by atoms with van der Waals surface area (Å²) in [7, 11) is 0. The maximum Gasteiger partial charge on any atom is 0.259 e. The van der Waals surface area contributed by atoms with E-state index in [9.17, 15) is 4.79 Å². The van der Waals surface area contributed by atoms with E-state index in [0.717, 1.165) is 41.4 Å². The fourth-order valence-corrected chi connectivity index (χ4v) is 4.83. The molecule has 164 valence electrons. The van der Waals surface area contributed by atoms with E-state index in [1.165, 1.54) is 12.8 Å². The first-order valence-corrected chi connectivity index (χ1v) is 11.5. The van der Waals surface area contributed by atoms with Gasteiger partial charge in [-0.25, -0.2) is 9.89 Å². The number of aliphatic imine (C=N–C) groups is 1. The monoisotopic (exact) mass is 427 g/mol. The van der Waals surface area contributed by atoms with Crippen molar-refractivity contribution in [3.05, 3.63) is 89.9 Å². The number of guanidine groups is 1. The van der Waals surface area contributed by atoms with Crippen molar-refractivity contribution in [3.63, 3.8) is 0 Å². The summed E-state index contributed by atoms with van der Waals surface area (Å²) in [6.45, 7) is 2.67. The van der Waals surface area contributed by atoms with E-state index >= 15 is 0 Å². The lowest BCUT2D eigenvalue weighted by Gasteiger charge is -2.34. The Morgan fingerprint density at radius 3 is 2.56 bits per heavy atom. The molecule has 1 saturated carbocycles. The molecule has 0 bridgehead atoms. The summed E-state index contributed by atoms with van der Waals surface area (Å²) in [5.41, 5.74) is 3.13. The number of nitrogens with zero attached hydrogens (tertiary/aromatic N) is 3. The van der Waals surface area contributed by atoms with Crippen molar-refractivity contribution in [1.82, 2.24) is 4.90 Å². The summed E-state index contributed by atoms with van der Waals surface area (Å²) < 4.78 is 5.69. The summed E-state index contributed by atoms with van der Waals surface area (Å²) in [5.74, 6) is 1.68. The number of benzene rings is 2. The predicted molar refractivity (Wildman–Crippen MR) is 127 cm³/mol. The number of rotatable bonds is 6. The van der Waals surface area contributed by atoms with Crippen LogP contribution in [0.2, 0.25) is 0 Å². The topological polar surface area (TPSA) is 49.1 Å². The molecule has 32 heavy (non-hydrogen) atoms. The highest BCUT2D eigenvalue weighted by molar-refractivity contribution is 6.22. The normalized spacial score (nSPS) is 18.9. The first-order chi connectivity index (χ1) is 15.7. The number of furan rings is 1. The van der Waals surface area contributed by atoms with Crippen molar-refractivity contribution in [1.29, 1.82) is 0 Å². The van der Waals surface area contributed by atoms with E-state index in [0.29, 0.717) is 19.0 Å². The van der Waals surface area contributed by atoms with E-state index in [4.69, 9.17) is 9.41 Å². The fourth-order valence-electron chi connectivity index (χ4n) is 4.83. The third kappa shape index (κ3) is 4.20. The zero-order chi connectivity index (χ0) is 21.9. The number of carbonyl (C=O) groups is 1. The van der Waals surface area contributed by atoms with E-state index < -0.39 is 6.04 Å². The van der Waals surface area contributed by atoms with Crippen molar-refractivity contribution in [2.45, 2.75) is 57.7 Å². The summed E-state index contributed by atoms with van der Waals surface area (Å²) in [6.07, 6.45) is 6.94. The second-order valence-electron chi connectivity index (χ2n) is 8.79. The highest BCUT2D eigenvalue weighted by Gasteiger charge is 2.41. The Hall–Kier alpha value is -3.34. The minimum absolute atomic E-state index is 0.0388. The van der Waals surface area contributed by atoms with Crippen LogP contribution in [0.4, 0.5) is 5.69 Å². The Labute approximate surface area is 189 Å². The van der Waals surface area contributed by atoms with Gasteiger partial charge in [-0.1, -0.05) is 55.3 Å². The molecule has 1 aromatic heterocycles. The molecule has 5 nitrogen and oxygen atoms in total. The van der Waals surface area contributed by atoms with Crippen LogP contribution in [-0.2, 0) is 17.8 Å². The minimum Gasteiger partial charge on any atom is -0.467 e. The molecule has 0 spiro atoms. The molecule has 2 heterocycles. The van der Waals surface area contributed by atoms with Crippen molar-refractivity contribution < 1.29 is 9.21 Å². The van der Waals surface area contributed by atoms with Gasteiger partial charge in [0.15, 0.2) is 0 Å². The Morgan fingerprint density at radius 2 is 1.84 bits per heavy atom. The number of hydrogen-bond acceptors (Lipinski definition) is 4. The summed E-state index contributed by atoms with van der Waals surface area (Å²) in [6, 6.07) is 22.1. The fraction of sp³-hybridized carbons (Fsp3) is 0.333. The third-order valence-electron chi connectivity index (χ3n) is 6.44. The second kappa shape index (κ2) is 9.03. The highest BCUT2D eigenvalue weighted by atomic mass is 16.3. The molecule has 1 fully saturated rings. The number of amides is 1. The maximum absolute atomic E-state index is 13.7. The lowest BCUT2D eigenvalue weighted by Crippen LogP contribution is -2.48. The molecule has 5 rings (SSSR count). The summed E-state index contributed by atoms with van der Waals surface area (Å²) in [4.78, 5) is 22.9. The van der Waals surface area contributed by atoms with Crippen molar-refractivity contribution in [2.75, 3.05) is 4.90 Å². The molecule has 0 N–H and O–H groups in total. The van der Waals surface area contributed by atoms with Gasteiger partial charge in [-0.2, -0.15) is 0 Å². The first kappa shape index (κ1) is 20.6. The Kier molecular flexibility index (Phi) is 5.80. The number of aryl methyl sites for hydroxylation is 1. The van der Waals surface area contributed by atoms with E-state index in [-0.39, 0.29) is 5.91 Å². The van der Waals surface area contributed by atoms with Gasteiger partial charge in [0.25, 0.3) is 5.91 Å². The molecular weight excluding hydrogens is 398 g/mol. The molecule has 3 aromatic rings. The molecule has 5 heteroatoms. The molecule has 0 radical (unpaired) electrons. The Balaban J connectivity index is 1.54. The number of anilines is 1. The lowest BCUT2D eigenvalue weighted by molar-refractivity contribution is -0.118. The largest absolute Gasteiger partial charge is 0.467 e. The van der Waals surface area contributed by atoms with Crippen molar-refractivity contribution in [3.8, 4) is 0 Å². The van der Waals surface area contributed by atoms with Crippen molar-refractivity contribution in [2.24, 2.45) is 4.99 Å². The summed E-state index contributed by atoms with van der Waals surface area (Å²) >= 11 is 0. The molecule has 0 saturated heterocycles. The van der Waals surface area contributed by atoms with E-state index in [1.807, 2.05) is 47.4 Å². The van der Waals surface area contributed by atoms with Crippen molar-refractivity contribution >= 4 is 17.6 Å². The van der Waals surface area contributed by atoms with Gasteiger partial charge in [0.1, 0.15) is 11.8 Å². The van der Waals surface area contributed by atoms with E-state index in [2.05, 4.69) is 36.1 Å². The molecule has 2 aromatic carbocycles. The quantitative estimate of drug-likeness (QED) is 0.533. The SMILES string of the molecule is Cc1cccc(N2C(=O)C(Cc3ccccc3)N=C2N(Cc2ccco2)C2CCCC2)c1. The predicted octanol–water partition coefficient (Wildman–Crippen LogP) is 5.35. The van der Waals surface area contributed by atoms with Gasteiger partial charge in [0.2, 0.25) is 5.96 Å². The Morgan fingerprint density at radius 1 is 1.03 bits per heavy atom. The zero-order valence-electron chi connectivity index (χ0n) is 18.5. The first-order valence-electron chi connectivity index (χ1n) is 11.5. The van der Waals surface area contributed by atoms with Crippen LogP contribution in [0.15, 0.2) is 82.4 Å². The second-order valence-corrected chi connectivity index (χ2v) is 8.79. The van der Waals surface area contributed by atoms with Gasteiger partial charge in [-0.05, 0) is 55.2 Å². The molecule has 2 aliphatic rings. The van der Waals surface area contributed by atoms with Crippen LogP contribution in [0, 0.1) is 6.92 Å². The van der Waals surface area contributed by atoms with Crippen LogP contribution in [-0.4, -0.2) is 28.9 Å². The van der Waals surface area contributed by atoms with Gasteiger partial charge in [0.05, 0.1) is 18.5 Å². The third-order valence-corrected chi connectivity index (χ3v) is 6.44. The number of hydrogen-bond donors (Lipinski definition) is 0. The van der Waals surface area contributed by atoms with Crippen LogP contribution >= 0.6 is 0 Å². The maximum atomic E-state index is 13.7. The lowest BCUT2D eigenvalue weighted by atomic mass is 10.1. The van der Waals surface area contributed by atoms with Gasteiger partial charge in [-0.15, -0.1) is 0 Å². The average molecular weight is 428 g/mol.